The second-order valence-electron chi connectivity index (χ2n) is 5.38. The van der Waals surface area contributed by atoms with Crippen LogP contribution in [0.15, 0.2) is 54.6 Å². The Bertz CT molecular complexity index is 561. The molecule has 4 rings (SSSR count). The Morgan fingerprint density at radius 2 is 1.67 bits per heavy atom. The fourth-order valence-electron chi connectivity index (χ4n) is 3.36. The molecule has 0 amide bonds. The molecule has 2 aliphatic rings. The van der Waals surface area contributed by atoms with Gasteiger partial charge in [-0.25, -0.2) is 0 Å². The highest BCUT2D eigenvalue weighted by Gasteiger charge is 2.45. The molecule has 1 heterocycles. The third-order valence-electron chi connectivity index (χ3n) is 4.41. The lowest BCUT2D eigenvalue weighted by atomic mass is 9.64. The number of hydrogen-bond donors (Lipinski definition) is 0. The van der Waals surface area contributed by atoms with E-state index in [1.807, 2.05) is 0 Å². The van der Waals surface area contributed by atoms with Crippen LogP contribution in [-0.4, -0.2) is 6.10 Å². The van der Waals surface area contributed by atoms with Crippen molar-refractivity contribution in [2.45, 2.75) is 24.9 Å². The summed E-state index contributed by atoms with van der Waals surface area (Å²) in [6.07, 6.45) is 2.77. The molecule has 1 fully saturated rings. The van der Waals surface area contributed by atoms with Crippen molar-refractivity contribution in [1.82, 2.24) is 0 Å². The summed E-state index contributed by atoms with van der Waals surface area (Å²) in [4.78, 5) is 0. The molecule has 18 heavy (non-hydrogen) atoms. The van der Waals surface area contributed by atoms with E-state index in [0.29, 0.717) is 17.9 Å². The van der Waals surface area contributed by atoms with Crippen LogP contribution in [-0.2, 0) is 6.42 Å². The van der Waals surface area contributed by atoms with E-state index in [4.69, 9.17) is 4.74 Å². The van der Waals surface area contributed by atoms with Crippen LogP contribution in [0.4, 0.5) is 0 Å². The van der Waals surface area contributed by atoms with Crippen LogP contribution in [0.2, 0.25) is 0 Å². The van der Waals surface area contributed by atoms with Crippen LogP contribution < -0.4 is 4.74 Å². The molecule has 1 saturated carbocycles. The zero-order valence-corrected chi connectivity index (χ0v) is 10.3. The topological polar surface area (TPSA) is 9.23 Å². The zero-order chi connectivity index (χ0) is 11.9. The van der Waals surface area contributed by atoms with Crippen LogP contribution >= 0.6 is 0 Å². The van der Waals surface area contributed by atoms with Crippen molar-refractivity contribution in [3.63, 3.8) is 0 Å². The van der Waals surface area contributed by atoms with E-state index in [-0.39, 0.29) is 0 Å². The average Bonchev–Trinajstić information content (AvgIpc) is 2.42. The van der Waals surface area contributed by atoms with E-state index >= 15 is 0 Å². The average molecular weight is 236 g/mol. The highest BCUT2D eigenvalue weighted by atomic mass is 16.5. The van der Waals surface area contributed by atoms with Crippen molar-refractivity contribution in [2.75, 3.05) is 0 Å². The number of rotatable bonds is 1. The first-order valence-corrected chi connectivity index (χ1v) is 6.71. The summed E-state index contributed by atoms with van der Waals surface area (Å²) in [7, 11) is 0. The Balaban J connectivity index is 1.62. The lowest BCUT2D eigenvalue weighted by Gasteiger charge is -2.48. The summed E-state index contributed by atoms with van der Waals surface area (Å²) in [6.45, 7) is 0. The smallest absolute Gasteiger partial charge is 0.122 e. The van der Waals surface area contributed by atoms with E-state index in [0.717, 1.165) is 5.75 Å². The van der Waals surface area contributed by atoms with Crippen LogP contribution in [0.25, 0.3) is 0 Å². The number of benzene rings is 2. The SMILES string of the molecule is c1ccc(C2C[C@@H]3Oc4ccccc4CC23)cc1. The summed E-state index contributed by atoms with van der Waals surface area (Å²) in [5, 5.41) is 0. The van der Waals surface area contributed by atoms with Gasteiger partial charge in [0.15, 0.2) is 0 Å². The lowest BCUT2D eigenvalue weighted by Crippen LogP contribution is -2.47. The highest BCUT2D eigenvalue weighted by molar-refractivity contribution is 5.38. The minimum atomic E-state index is 0.435. The Morgan fingerprint density at radius 1 is 0.889 bits per heavy atom. The monoisotopic (exact) mass is 236 g/mol. The van der Waals surface area contributed by atoms with Crippen LogP contribution in [0.5, 0.6) is 5.75 Å². The maximum Gasteiger partial charge on any atom is 0.122 e. The maximum absolute atomic E-state index is 6.08. The summed E-state index contributed by atoms with van der Waals surface area (Å²) in [5.41, 5.74) is 2.85. The molecule has 0 radical (unpaired) electrons. The van der Waals surface area contributed by atoms with Gasteiger partial charge in [0, 0.05) is 5.92 Å². The maximum atomic E-state index is 6.08. The van der Waals surface area contributed by atoms with Crippen LogP contribution in [0, 0.1) is 5.92 Å². The number of ether oxygens (including phenoxy) is 1. The van der Waals surface area contributed by atoms with Gasteiger partial charge < -0.3 is 4.74 Å². The predicted molar refractivity (Wildman–Crippen MR) is 71.9 cm³/mol. The van der Waals surface area contributed by atoms with Gasteiger partial charge in [0.05, 0.1) is 0 Å². The molecule has 0 bridgehead atoms. The van der Waals surface area contributed by atoms with E-state index in [9.17, 15) is 0 Å². The van der Waals surface area contributed by atoms with E-state index in [2.05, 4.69) is 54.6 Å². The van der Waals surface area contributed by atoms with Crippen molar-refractivity contribution in [1.29, 1.82) is 0 Å². The van der Waals surface area contributed by atoms with E-state index in [1.165, 1.54) is 24.0 Å². The predicted octanol–water partition coefficient (Wildman–Crippen LogP) is 3.79. The van der Waals surface area contributed by atoms with Crippen molar-refractivity contribution in [2.24, 2.45) is 5.92 Å². The van der Waals surface area contributed by atoms with Crippen molar-refractivity contribution in [3.8, 4) is 5.75 Å². The van der Waals surface area contributed by atoms with Gasteiger partial charge in [0.2, 0.25) is 0 Å². The van der Waals surface area contributed by atoms with Gasteiger partial charge in [-0.05, 0) is 36.0 Å². The van der Waals surface area contributed by atoms with Crippen molar-refractivity contribution < 1.29 is 4.74 Å². The molecule has 1 aliphatic carbocycles. The fraction of sp³-hybridized carbons (Fsp3) is 0.294. The summed E-state index contributed by atoms with van der Waals surface area (Å²) >= 11 is 0. The van der Waals surface area contributed by atoms with Gasteiger partial charge >= 0.3 is 0 Å². The first kappa shape index (κ1) is 10.2. The Hall–Kier alpha value is -1.76. The molecule has 0 N–H and O–H groups in total. The zero-order valence-electron chi connectivity index (χ0n) is 10.3. The first-order chi connectivity index (χ1) is 8.92. The molecular formula is C17H16O. The van der Waals surface area contributed by atoms with Crippen LogP contribution in [0.1, 0.15) is 23.5 Å². The number of hydrogen-bond acceptors (Lipinski definition) is 1. The summed E-state index contributed by atoms with van der Waals surface area (Å²) < 4.78 is 6.08. The largest absolute Gasteiger partial charge is 0.490 e. The first-order valence-electron chi connectivity index (χ1n) is 6.71. The van der Waals surface area contributed by atoms with E-state index in [1.54, 1.807) is 0 Å². The van der Waals surface area contributed by atoms with Crippen molar-refractivity contribution >= 4 is 0 Å². The second-order valence-corrected chi connectivity index (χ2v) is 5.38. The quantitative estimate of drug-likeness (QED) is 0.732. The summed E-state index contributed by atoms with van der Waals surface area (Å²) in [6, 6.07) is 19.3. The molecule has 2 unspecified atom stereocenters. The molecular weight excluding hydrogens is 220 g/mol. The van der Waals surface area contributed by atoms with E-state index < -0.39 is 0 Å². The number of para-hydroxylation sites is 1. The minimum absolute atomic E-state index is 0.435. The molecule has 0 saturated heterocycles. The second kappa shape index (κ2) is 3.88. The molecule has 2 aromatic carbocycles. The summed E-state index contributed by atoms with van der Waals surface area (Å²) in [5.74, 6) is 2.46. The molecule has 1 aliphatic heterocycles. The van der Waals surface area contributed by atoms with Gasteiger partial charge in [-0.3, -0.25) is 0 Å². The Kier molecular flexibility index (Phi) is 2.19. The van der Waals surface area contributed by atoms with Crippen molar-refractivity contribution in [3.05, 3.63) is 65.7 Å². The molecule has 3 atom stereocenters. The Morgan fingerprint density at radius 3 is 2.56 bits per heavy atom. The molecule has 0 aromatic heterocycles. The van der Waals surface area contributed by atoms with Gasteiger partial charge in [-0.15, -0.1) is 0 Å². The highest BCUT2D eigenvalue weighted by Crippen LogP contribution is 2.49. The molecule has 1 heteroatoms. The molecule has 90 valence electrons. The van der Waals surface area contributed by atoms with Gasteiger partial charge in [0.1, 0.15) is 11.9 Å². The third kappa shape index (κ3) is 1.47. The molecule has 1 nitrogen and oxygen atoms in total. The van der Waals surface area contributed by atoms with Gasteiger partial charge in [0.25, 0.3) is 0 Å². The standard InChI is InChI=1S/C17H16O/c1-2-6-12(7-3-1)14-11-17-15(14)10-13-8-4-5-9-16(13)18-17/h1-9,14-15,17H,10-11H2/t14?,15?,17-/m0/s1. The third-order valence-corrected chi connectivity index (χ3v) is 4.41. The normalized spacial score (nSPS) is 28.6. The number of fused-ring (bicyclic) bond motifs is 2. The molecule has 2 aromatic rings. The van der Waals surface area contributed by atoms with Gasteiger partial charge in [-0.1, -0.05) is 48.5 Å². The fourth-order valence-corrected chi connectivity index (χ4v) is 3.36. The lowest BCUT2D eigenvalue weighted by molar-refractivity contribution is 0.00674. The molecule has 0 spiro atoms. The minimum Gasteiger partial charge on any atom is -0.490 e. The van der Waals surface area contributed by atoms with Crippen LogP contribution in [0.3, 0.4) is 0 Å². The Labute approximate surface area is 107 Å². The van der Waals surface area contributed by atoms with Gasteiger partial charge in [-0.2, -0.15) is 0 Å².